The third-order valence-corrected chi connectivity index (χ3v) is 4.75. The van der Waals surface area contributed by atoms with Gasteiger partial charge in [0.15, 0.2) is 0 Å². The zero-order valence-corrected chi connectivity index (χ0v) is 17.2. The molecule has 1 atom stereocenters. The molecule has 0 aliphatic heterocycles. The largest absolute Gasteiger partial charge is 0.445 e. The number of carbonyl (C=O) groups excluding carboxylic acids is 2. The van der Waals surface area contributed by atoms with Crippen LogP contribution < -0.4 is 10.6 Å². The molecular weight excluding hydrogens is 376 g/mol. The van der Waals surface area contributed by atoms with Crippen molar-refractivity contribution in [3.8, 4) is 0 Å². The second-order valence-corrected chi connectivity index (χ2v) is 7.26. The summed E-state index contributed by atoms with van der Waals surface area (Å²) in [6.07, 6.45) is -0.270. The first-order valence-corrected chi connectivity index (χ1v) is 9.90. The Kier molecular flexibility index (Phi) is 7.22. The molecule has 5 nitrogen and oxygen atoms in total. The van der Waals surface area contributed by atoms with Gasteiger partial charge in [0.1, 0.15) is 12.6 Å². The van der Waals surface area contributed by atoms with Crippen LogP contribution in [-0.4, -0.2) is 18.0 Å². The van der Waals surface area contributed by atoms with Gasteiger partial charge in [-0.1, -0.05) is 72.8 Å². The lowest BCUT2D eigenvalue weighted by Crippen LogP contribution is -2.45. The van der Waals surface area contributed by atoms with Gasteiger partial charge in [-0.2, -0.15) is 0 Å². The molecule has 2 amide bonds. The smallest absolute Gasteiger partial charge is 0.408 e. The van der Waals surface area contributed by atoms with Gasteiger partial charge in [-0.3, -0.25) is 4.79 Å². The quantitative estimate of drug-likeness (QED) is 0.598. The van der Waals surface area contributed by atoms with Crippen molar-refractivity contribution in [2.75, 3.05) is 5.32 Å². The Morgan fingerprint density at radius 2 is 1.50 bits per heavy atom. The Morgan fingerprint density at radius 1 is 0.867 bits per heavy atom. The van der Waals surface area contributed by atoms with E-state index in [1.54, 1.807) is 0 Å². The highest BCUT2D eigenvalue weighted by atomic mass is 16.5. The van der Waals surface area contributed by atoms with Crippen molar-refractivity contribution in [3.05, 3.63) is 101 Å². The lowest BCUT2D eigenvalue weighted by Gasteiger charge is -2.19. The molecule has 154 valence electrons. The maximum Gasteiger partial charge on any atom is 0.408 e. The molecule has 2 N–H and O–H groups in total. The highest BCUT2D eigenvalue weighted by Gasteiger charge is 2.22. The number of hydrogen-bond donors (Lipinski definition) is 2. The van der Waals surface area contributed by atoms with Gasteiger partial charge >= 0.3 is 6.09 Å². The van der Waals surface area contributed by atoms with Crippen molar-refractivity contribution < 1.29 is 14.3 Å². The SMILES string of the molecule is Cc1ccc(C)c(NC(=O)C(Cc2ccccc2)NC(=O)OCc2ccccc2)c1. The van der Waals surface area contributed by atoms with Gasteiger partial charge in [-0.05, 0) is 42.2 Å². The van der Waals surface area contributed by atoms with Crippen LogP contribution in [0, 0.1) is 13.8 Å². The fourth-order valence-electron chi connectivity index (χ4n) is 3.06. The minimum Gasteiger partial charge on any atom is -0.445 e. The average molecular weight is 402 g/mol. The number of carbonyl (C=O) groups is 2. The number of hydrogen-bond acceptors (Lipinski definition) is 3. The van der Waals surface area contributed by atoms with Gasteiger partial charge in [0.05, 0.1) is 0 Å². The van der Waals surface area contributed by atoms with Crippen molar-refractivity contribution in [2.45, 2.75) is 32.9 Å². The van der Waals surface area contributed by atoms with Crippen LogP contribution in [0.2, 0.25) is 0 Å². The monoisotopic (exact) mass is 402 g/mol. The fraction of sp³-hybridized carbons (Fsp3) is 0.200. The van der Waals surface area contributed by atoms with E-state index in [-0.39, 0.29) is 12.5 Å². The number of anilines is 1. The van der Waals surface area contributed by atoms with E-state index in [4.69, 9.17) is 4.74 Å². The van der Waals surface area contributed by atoms with Crippen molar-refractivity contribution in [1.82, 2.24) is 5.32 Å². The van der Waals surface area contributed by atoms with E-state index in [0.29, 0.717) is 6.42 Å². The van der Waals surface area contributed by atoms with Crippen molar-refractivity contribution in [2.24, 2.45) is 0 Å². The highest BCUT2D eigenvalue weighted by molar-refractivity contribution is 5.97. The zero-order chi connectivity index (χ0) is 21.3. The van der Waals surface area contributed by atoms with Crippen molar-refractivity contribution in [3.63, 3.8) is 0 Å². The van der Waals surface area contributed by atoms with E-state index >= 15 is 0 Å². The molecule has 3 aromatic rings. The predicted octanol–water partition coefficient (Wildman–Crippen LogP) is 4.78. The molecule has 0 heterocycles. The normalized spacial score (nSPS) is 11.4. The summed E-state index contributed by atoms with van der Waals surface area (Å²) in [5.41, 5.74) is 4.57. The molecule has 3 rings (SSSR count). The van der Waals surface area contributed by atoms with Crippen LogP contribution in [0.1, 0.15) is 22.3 Å². The van der Waals surface area contributed by atoms with E-state index in [9.17, 15) is 9.59 Å². The Labute approximate surface area is 177 Å². The summed E-state index contributed by atoms with van der Waals surface area (Å²) in [6, 6.07) is 24.1. The Hall–Kier alpha value is -3.60. The molecule has 0 aliphatic rings. The lowest BCUT2D eigenvalue weighted by molar-refractivity contribution is -0.118. The maximum absolute atomic E-state index is 13.0. The van der Waals surface area contributed by atoms with Crippen LogP contribution in [0.3, 0.4) is 0 Å². The average Bonchev–Trinajstić information content (AvgIpc) is 2.76. The van der Waals surface area contributed by atoms with E-state index in [2.05, 4.69) is 10.6 Å². The lowest BCUT2D eigenvalue weighted by atomic mass is 10.0. The molecule has 5 heteroatoms. The Balaban J connectivity index is 1.69. The van der Waals surface area contributed by atoms with Crippen LogP contribution in [-0.2, 0) is 22.6 Å². The van der Waals surface area contributed by atoms with Crippen molar-refractivity contribution in [1.29, 1.82) is 0 Å². The molecule has 0 fully saturated rings. The Bertz CT molecular complexity index is 988. The van der Waals surface area contributed by atoms with E-state index < -0.39 is 12.1 Å². The number of alkyl carbamates (subject to hydrolysis) is 1. The first kappa shape index (κ1) is 21.1. The van der Waals surface area contributed by atoms with E-state index in [0.717, 1.165) is 27.9 Å². The molecule has 0 aromatic heterocycles. The fourth-order valence-corrected chi connectivity index (χ4v) is 3.06. The third-order valence-electron chi connectivity index (χ3n) is 4.75. The summed E-state index contributed by atoms with van der Waals surface area (Å²) in [7, 11) is 0. The zero-order valence-electron chi connectivity index (χ0n) is 17.2. The molecule has 0 radical (unpaired) electrons. The van der Waals surface area contributed by atoms with Gasteiger partial charge in [0.25, 0.3) is 0 Å². The van der Waals surface area contributed by atoms with Gasteiger partial charge < -0.3 is 15.4 Å². The van der Waals surface area contributed by atoms with E-state index in [1.165, 1.54) is 0 Å². The van der Waals surface area contributed by atoms with Gasteiger partial charge in [-0.25, -0.2) is 4.79 Å². The molecule has 0 saturated heterocycles. The minimum atomic E-state index is -0.768. The second kappa shape index (κ2) is 10.3. The summed E-state index contributed by atoms with van der Waals surface area (Å²) in [5, 5.41) is 5.66. The van der Waals surface area contributed by atoms with Crippen LogP contribution in [0.15, 0.2) is 78.9 Å². The first-order valence-electron chi connectivity index (χ1n) is 9.90. The molecule has 0 aliphatic carbocycles. The number of rotatable bonds is 7. The number of benzene rings is 3. The number of aryl methyl sites for hydroxylation is 2. The number of ether oxygens (including phenoxy) is 1. The van der Waals surface area contributed by atoms with Crippen LogP contribution in [0.4, 0.5) is 10.5 Å². The maximum atomic E-state index is 13.0. The van der Waals surface area contributed by atoms with Gasteiger partial charge in [-0.15, -0.1) is 0 Å². The molecule has 0 bridgehead atoms. The molecular formula is C25H26N2O3. The number of nitrogens with one attached hydrogen (secondary N) is 2. The third kappa shape index (κ3) is 6.21. The minimum absolute atomic E-state index is 0.142. The molecule has 3 aromatic carbocycles. The molecule has 0 saturated carbocycles. The van der Waals surface area contributed by atoms with Crippen molar-refractivity contribution >= 4 is 17.7 Å². The van der Waals surface area contributed by atoms with Crippen LogP contribution in [0.5, 0.6) is 0 Å². The van der Waals surface area contributed by atoms with Crippen LogP contribution in [0.25, 0.3) is 0 Å². The standard InChI is InChI=1S/C25H26N2O3/c1-18-13-14-19(2)22(15-18)26-24(28)23(16-20-9-5-3-6-10-20)27-25(29)30-17-21-11-7-4-8-12-21/h3-15,23H,16-17H2,1-2H3,(H,26,28)(H,27,29). The van der Waals surface area contributed by atoms with Gasteiger partial charge in [0, 0.05) is 12.1 Å². The summed E-state index contributed by atoms with van der Waals surface area (Å²) in [6.45, 7) is 4.04. The predicted molar refractivity (Wildman–Crippen MR) is 118 cm³/mol. The van der Waals surface area contributed by atoms with Crippen LogP contribution >= 0.6 is 0 Å². The Morgan fingerprint density at radius 3 is 2.17 bits per heavy atom. The molecule has 1 unspecified atom stereocenters. The van der Waals surface area contributed by atoms with Gasteiger partial charge in [0.2, 0.25) is 5.91 Å². The molecule has 30 heavy (non-hydrogen) atoms. The second-order valence-electron chi connectivity index (χ2n) is 7.26. The van der Waals surface area contributed by atoms with E-state index in [1.807, 2.05) is 92.7 Å². The summed E-state index contributed by atoms with van der Waals surface area (Å²) < 4.78 is 5.31. The number of amides is 2. The summed E-state index contributed by atoms with van der Waals surface area (Å²) in [5.74, 6) is -0.288. The summed E-state index contributed by atoms with van der Waals surface area (Å²) >= 11 is 0. The summed E-state index contributed by atoms with van der Waals surface area (Å²) in [4.78, 5) is 25.4. The topological polar surface area (TPSA) is 67.4 Å². The first-order chi connectivity index (χ1) is 14.5. The highest BCUT2D eigenvalue weighted by Crippen LogP contribution is 2.17. The molecule has 0 spiro atoms.